The van der Waals surface area contributed by atoms with E-state index in [1.807, 2.05) is 0 Å². The summed E-state index contributed by atoms with van der Waals surface area (Å²) in [6.45, 7) is 10.1. The van der Waals surface area contributed by atoms with Crippen LogP contribution in [0.1, 0.15) is 121 Å². The van der Waals surface area contributed by atoms with Gasteiger partial charge >= 0.3 is 0 Å². The van der Waals surface area contributed by atoms with E-state index in [0.717, 1.165) is 24.0 Å². The maximum Gasteiger partial charge on any atom is 0.168 e. The zero-order valence-corrected chi connectivity index (χ0v) is 30.8. The molecule has 2 aromatic carbocycles. The van der Waals surface area contributed by atoms with Gasteiger partial charge in [-0.15, -0.1) is 0 Å². The third kappa shape index (κ3) is 22.1. The lowest BCUT2D eigenvalue weighted by Crippen LogP contribution is -3.00. The summed E-state index contributed by atoms with van der Waals surface area (Å²) >= 11 is 0. The van der Waals surface area contributed by atoms with Gasteiger partial charge in [-0.25, -0.2) is 4.57 Å². The lowest BCUT2D eigenvalue weighted by Gasteiger charge is -2.30. The van der Waals surface area contributed by atoms with Gasteiger partial charge in [0.25, 0.3) is 0 Å². The average molecular weight is 656 g/mol. The highest BCUT2D eigenvalue weighted by Crippen LogP contribution is 2.17. The van der Waals surface area contributed by atoms with Crippen molar-refractivity contribution in [3.8, 4) is 0 Å². The van der Waals surface area contributed by atoms with Gasteiger partial charge in [0.15, 0.2) is 12.4 Å². The fourth-order valence-electron chi connectivity index (χ4n) is 5.70. The molecule has 0 aliphatic heterocycles. The van der Waals surface area contributed by atoms with Gasteiger partial charge in [0.2, 0.25) is 0 Å². The SMILES string of the molecule is CCCC/C=C(\C)Cc1ccc(C[N+](C)(C)Cc2ccccc2)cc1.CCCCCCCCCCCC[n+]1ccccc1.[Cl-].[Cl-]. The third-order valence-electron chi connectivity index (χ3n) is 8.17. The molecule has 2 nitrogen and oxygen atoms in total. The van der Waals surface area contributed by atoms with Crippen LogP contribution in [-0.2, 0) is 26.1 Å². The molecule has 3 rings (SSSR count). The van der Waals surface area contributed by atoms with Crippen LogP contribution >= 0.6 is 0 Å². The molecule has 1 heterocycles. The molecule has 0 aliphatic rings. The number of aromatic nitrogens is 1. The topological polar surface area (TPSA) is 3.88 Å². The highest BCUT2D eigenvalue weighted by Gasteiger charge is 2.16. The number of unbranched alkanes of at least 4 members (excludes halogenated alkanes) is 11. The summed E-state index contributed by atoms with van der Waals surface area (Å²) in [6.07, 6.45) is 25.7. The van der Waals surface area contributed by atoms with Crippen LogP contribution in [-0.4, -0.2) is 18.6 Å². The van der Waals surface area contributed by atoms with Gasteiger partial charge in [-0.05, 0) is 31.7 Å². The van der Waals surface area contributed by atoms with Crippen LogP contribution < -0.4 is 29.4 Å². The van der Waals surface area contributed by atoms with E-state index in [-0.39, 0.29) is 24.8 Å². The number of hydrogen-bond acceptors (Lipinski definition) is 0. The van der Waals surface area contributed by atoms with E-state index in [1.165, 1.54) is 112 Å². The van der Waals surface area contributed by atoms with Crippen molar-refractivity contribution in [2.24, 2.45) is 0 Å². The molecule has 0 aliphatic carbocycles. The molecule has 3 aromatic rings. The highest BCUT2D eigenvalue weighted by atomic mass is 35.5. The summed E-state index contributed by atoms with van der Waals surface area (Å²) in [5.41, 5.74) is 5.72. The summed E-state index contributed by atoms with van der Waals surface area (Å²) in [5, 5.41) is 0. The average Bonchev–Trinajstić information content (AvgIpc) is 3.00. The fraction of sp³-hybridized carbons (Fsp3) is 0.537. The first kappa shape index (κ1) is 42.9. The predicted molar refractivity (Wildman–Crippen MR) is 188 cm³/mol. The molecule has 0 spiro atoms. The number of benzene rings is 2. The number of halogens is 2. The van der Waals surface area contributed by atoms with Crippen molar-refractivity contribution < 1.29 is 33.9 Å². The van der Waals surface area contributed by atoms with Gasteiger partial charge in [-0.1, -0.05) is 150 Å². The first-order chi connectivity index (χ1) is 20.9. The Morgan fingerprint density at radius 2 is 1.04 bits per heavy atom. The Kier molecular flexibility index (Phi) is 25.7. The second-order valence-corrected chi connectivity index (χ2v) is 13.2. The summed E-state index contributed by atoms with van der Waals surface area (Å²) in [4.78, 5) is 0. The Morgan fingerprint density at radius 3 is 1.60 bits per heavy atom. The second kappa shape index (κ2) is 27.0. The number of pyridine rings is 1. The molecule has 0 amide bonds. The van der Waals surface area contributed by atoms with Crippen molar-refractivity contribution in [1.82, 2.24) is 0 Å². The molecule has 0 unspecified atom stereocenters. The molecule has 45 heavy (non-hydrogen) atoms. The van der Waals surface area contributed by atoms with Crippen LogP contribution in [0.2, 0.25) is 0 Å². The van der Waals surface area contributed by atoms with Gasteiger partial charge in [-0.3, -0.25) is 0 Å². The third-order valence-corrected chi connectivity index (χ3v) is 8.17. The summed E-state index contributed by atoms with van der Waals surface area (Å²) in [6, 6.07) is 26.3. The van der Waals surface area contributed by atoms with Crippen LogP contribution in [0.15, 0.2) is 96.8 Å². The van der Waals surface area contributed by atoms with Crippen LogP contribution in [0, 0.1) is 0 Å². The van der Waals surface area contributed by atoms with Crippen LogP contribution in [0.5, 0.6) is 0 Å². The van der Waals surface area contributed by atoms with Crippen molar-refractivity contribution in [3.63, 3.8) is 0 Å². The second-order valence-electron chi connectivity index (χ2n) is 13.2. The number of aryl methyl sites for hydroxylation is 1. The van der Waals surface area contributed by atoms with E-state index in [4.69, 9.17) is 0 Å². The molecule has 4 heteroatoms. The molecule has 1 aromatic heterocycles. The summed E-state index contributed by atoms with van der Waals surface area (Å²) in [5.74, 6) is 0. The van der Waals surface area contributed by atoms with Crippen molar-refractivity contribution >= 4 is 0 Å². The van der Waals surface area contributed by atoms with Crippen LogP contribution in [0.3, 0.4) is 0 Å². The molecular formula is C41H64Cl2N2. The minimum Gasteiger partial charge on any atom is -1.00 e. The molecule has 0 atom stereocenters. The predicted octanol–water partition coefficient (Wildman–Crippen LogP) is 5.05. The standard InChI is InChI=1S/C24H34N.C17H30N.2ClH/c1-5-6-8-11-21(2)18-22-14-16-24(17-15-22)20-25(3,4)19-23-12-9-7-10-13-23;1-2-3-4-5-6-7-8-9-10-12-15-18-16-13-11-14-17-18;;/h7,9-17H,5-6,8,18-20H2,1-4H3;11,13-14,16-17H,2-10,12,15H2,1H3;2*1H/q2*+1;;/p-2/b21-11+;;;. The van der Waals surface area contributed by atoms with Crippen LogP contribution in [0.25, 0.3) is 0 Å². The van der Waals surface area contributed by atoms with Crippen molar-refractivity contribution in [2.45, 2.75) is 130 Å². The maximum absolute atomic E-state index is 2.40. The lowest BCUT2D eigenvalue weighted by molar-refractivity contribution is -0.916. The quantitative estimate of drug-likeness (QED) is 0.0695. The molecule has 0 saturated carbocycles. The van der Waals surface area contributed by atoms with Gasteiger partial charge in [0.05, 0.1) is 14.1 Å². The molecule has 252 valence electrons. The Morgan fingerprint density at radius 1 is 0.578 bits per heavy atom. The van der Waals surface area contributed by atoms with Crippen molar-refractivity contribution in [1.29, 1.82) is 0 Å². The van der Waals surface area contributed by atoms with Gasteiger partial charge < -0.3 is 29.3 Å². The molecule has 0 bridgehead atoms. The smallest absolute Gasteiger partial charge is 0.168 e. The van der Waals surface area contributed by atoms with Crippen molar-refractivity contribution in [2.75, 3.05) is 14.1 Å². The largest absolute Gasteiger partial charge is 1.00 e. The number of rotatable bonds is 20. The normalized spacial score (nSPS) is 11.2. The number of nitrogens with zero attached hydrogens (tertiary/aromatic N) is 2. The molecular weight excluding hydrogens is 591 g/mol. The van der Waals surface area contributed by atoms with Gasteiger partial charge in [0, 0.05) is 29.7 Å². The monoisotopic (exact) mass is 654 g/mol. The Hall–Kier alpha value is -2.13. The first-order valence-electron chi connectivity index (χ1n) is 17.5. The molecule has 0 saturated heterocycles. The van der Waals surface area contributed by atoms with E-state index in [2.05, 4.69) is 131 Å². The summed E-state index contributed by atoms with van der Waals surface area (Å²) < 4.78 is 3.25. The highest BCUT2D eigenvalue weighted by molar-refractivity contribution is 5.25. The molecule has 0 radical (unpaired) electrons. The minimum atomic E-state index is 0. The number of allylic oxidation sites excluding steroid dienone is 2. The van der Waals surface area contributed by atoms with E-state index in [0.29, 0.717) is 0 Å². The fourth-order valence-corrected chi connectivity index (χ4v) is 5.70. The Bertz CT molecular complexity index is 1100. The zero-order valence-electron chi connectivity index (χ0n) is 29.3. The minimum absolute atomic E-state index is 0. The molecule has 0 N–H and O–H groups in total. The van der Waals surface area contributed by atoms with E-state index in [9.17, 15) is 0 Å². The lowest BCUT2D eigenvalue weighted by atomic mass is 10.0. The van der Waals surface area contributed by atoms with Crippen LogP contribution in [0.4, 0.5) is 0 Å². The first-order valence-corrected chi connectivity index (χ1v) is 17.5. The zero-order chi connectivity index (χ0) is 31.0. The maximum atomic E-state index is 2.40. The number of quaternary nitrogens is 1. The number of hydrogen-bond donors (Lipinski definition) is 0. The van der Waals surface area contributed by atoms with E-state index >= 15 is 0 Å². The summed E-state index contributed by atoms with van der Waals surface area (Å²) in [7, 11) is 4.61. The van der Waals surface area contributed by atoms with E-state index in [1.54, 1.807) is 0 Å². The Balaban J connectivity index is 0.000000865. The molecule has 0 fully saturated rings. The van der Waals surface area contributed by atoms with Crippen molar-refractivity contribution in [3.05, 3.63) is 114 Å². The Labute approximate surface area is 290 Å². The van der Waals surface area contributed by atoms with Gasteiger partial charge in [-0.2, -0.15) is 0 Å². The van der Waals surface area contributed by atoms with E-state index < -0.39 is 0 Å². The van der Waals surface area contributed by atoms with Gasteiger partial charge in [0.1, 0.15) is 19.6 Å².